The maximum Gasteiger partial charge on any atom is 0.573 e. The lowest BCUT2D eigenvalue weighted by atomic mass is 10.0. The minimum atomic E-state index is -4.87. The molecular weight excluding hydrogens is 376 g/mol. The molecule has 1 N–H and O–H groups in total. The zero-order chi connectivity index (χ0) is 20.1. The number of alkyl halides is 6. The number of hydrogen-bond donors (Lipinski definition) is 1. The van der Waals surface area contributed by atoms with Crippen LogP contribution in [0.15, 0.2) is 48.5 Å². The molecule has 0 bridgehead atoms. The van der Waals surface area contributed by atoms with Crippen molar-refractivity contribution in [3.63, 3.8) is 0 Å². The molecule has 0 aromatic heterocycles. The van der Waals surface area contributed by atoms with Crippen LogP contribution in [0.3, 0.4) is 0 Å². The van der Waals surface area contributed by atoms with Gasteiger partial charge in [0.2, 0.25) is 0 Å². The van der Waals surface area contributed by atoms with Gasteiger partial charge in [0.05, 0.1) is 0 Å². The summed E-state index contributed by atoms with van der Waals surface area (Å²) in [5.74, 6) is -0.489. The van der Waals surface area contributed by atoms with Gasteiger partial charge in [0.25, 0.3) is 0 Å². The van der Waals surface area contributed by atoms with Crippen LogP contribution in [0.4, 0.5) is 26.3 Å². The van der Waals surface area contributed by atoms with Crippen molar-refractivity contribution in [3.05, 3.63) is 60.5 Å². The zero-order valence-electron chi connectivity index (χ0n) is 13.7. The first-order chi connectivity index (χ1) is 12.5. The number of nitrogens with one attached hydrogen (secondary N) is 1. The molecule has 0 spiro atoms. The highest BCUT2D eigenvalue weighted by atomic mass is 19.4. The summed E-state index contributed by atoms with van der Waals surface area (Å²) in [6, 6.07) is 10.9. The van der Waals surface area contributed by atoms with E-state index in [1.807, 2.05) is 0 Å². The van der Waals surface area contributed by atoms with Gasteiger partial charge in [0.15, 0.2) is 11.5 Å². The Morgan fingerprint density at radius 3 is 2.04 bits per heavy atom. The standard InChI is InChI=1S/C18H14F6NO2/c19-17(20,21)11-3-4-14(25)12-7-9-13(10-8-12)26-15-5-1-2-6-16(15)27-18(22,23)24/h1-2,4-10,25H,3,11H2. The third-order valence-corrected chi connectivity index (χ3v) is 3.24. The second-order valence-corrected chi connectivity index (χ2v) is 5.39. The van der Waals surface area contributed by atoms with Crippen molar-refractivity contribution in [1.82, 2.24) is 0 Å². The molecule has 0 heterocycles. The number of para-hydroxylation sites is 2. The van der Waals surface area contributed by atoms with Crippen LogP contribution in [0.5, 0.6) is 17.2 Å². The molecule has 0 saturated heterocycles. The highest BCUT2D eigenvalue weighted by Crippen LogP contribution is 2.35. The molecule has 2 aromatic carbocycles. The molecule has 0 atom stereocenters. The van der Waals surface area contributed by atoms with Crippen LogP contribution in [-0.2, 0) is 0 Å². The fourth-order valence-electron chi connectivity index (χ4n) is 2.07. The molecule has 0 aliphatic carbocycles. The fourth-order valence-corrected chi connectivity index (χ4v) is 2.07. The largest absolute Gasteiger partial charge is 0.573 e. The third kappa shape index (κ3) is 7.20. The minimum absolute atomic E-state index is 0.0911. The summed E-state index contributed by atoms with van der Waals surface area (Å²) < 4.78 is 82.8. The van der Waals surface area contributed by atoms with Crippen molar-refractivity contribution in [1.29, 1.82) is 5.41 Å². The normalized spacial score (nSPS) is 11.9. The van der Waals surface area contributed by atoms with E-state index in [0.29, 0.717) is 5.56 Å². The van der Waals surface area contributed by atoms with Gasteiger partial charge in [-0.25, -0.2) is 0 Å². The highest BCUT2D eigenvalue weighted by molar-refractivity contribution is 6.04. The molecular formula is C18H14F6NO2. The number of benzene rings is 2. The molecule has 0 amide bonds. The van der Waals surface area contributed by atoms with Crippen LogP contribution in [0.2, 0.25) is 0 Å². The molecule has 0 aliphatic heterocycles. The molecule has 0 saturated carbocycles. The van der Waals surface area contributed by atoms with E-state index in [9.17, 15) is 26.3 Å². The number of hydrogen-bond acceptors (Lipinski definition) is 3. The van der Waals surface area contributed by atoms with Crippen molar-refractivity contribution in [2.75, 3.05) is 0 Å². The Bertz CT molecular complexity index is 769. The van der Waals surface area contributed by atoms with E-state index in [4.69, 9.17) is 10.1 Å². The van der Waals surface area contributed by atoms with Crippen molar-refractivity contribution in [3.8, 4) is 17.2 Å². The summed E-state index contributed by atoms with van der Waals surface area (Å²) in [6.07, 6.45) is -9.35. The molecule has 9 heteroatoms. The van der Waals surface area contributed by atoms with Crippen molar-refractivity contribution in [2.24, 2.45) is 0 Å². The van der Waals surface area contributed by atoms with Gasteiger partial charge >= 0.3 is 12.5 Å². The second-order valence-electron chi connectivity index (χ2n) is 5.39. The minimum Gasteiger partial charge on any atom is -0.453 e. The Morgan fingerprint density at radius 2 is 1.48 bits per heavy atom. The van der Waals surface area contributed by atoms with E-state index in [0.717, 1.165) is 12.5 Å². The first kappa shape index (κ1) is 20.6. The topological polar surface area (TPSA) is 42.3 Å². The average molecular weight is 390 g/mol. The second kappa shape index (κ2) is 8.32. The summed E-state index contributed by atoms with van der Waals surface area (Å²) in [7, 11) is 0. The van der Waals surface area contributed by atoms with E-state index in [1.54, 1.807) is 0 Å². The summed E-state index contributed by atoms with van der Waals surface area (Å²) in [5.41, 5.74) is 0.260. The number of ether oxygens (including phenoxy) is 2. The SMILES string of the molecule is N=C([CH]CCC(F)(F)F)c1ccc(Oc2ccccc2OC(F)(F)F)cc1. The Balaban J connectivity index is 2.01. The molecule has 145 valence electrons. The van der Waals surface area contributed by atoms with E-state index >= 15 is 0 Å². The lowest BCUT2D eigenvalue weighted by Crippen LogP contribution is -2.17. The molecule has 1 radical (unpaired) electrons. The maximum atomic E-state index is 12.4. The first-order valence-electron chi connectivity index (χ1n) is 7.65. The summed E-state index contributed by atoms with van der Waals surface area (Å²) >= 11 is 0. The maximum absolute atomic E-state index is 12.4. The number of rotatable bonds is 7. The van der Waals surface area contributed by atoms with Crippen molar-refractivity contribution < 1.29 is 35.8 Å². The van der Waals surface area contributed by atoms with Crippen LogP contribution in [-0.4, -0.2) is 18.3 Å². The first-order valence-corrected chi connectivity index (χ1v) is 7.65. The Morgan fingerprint density at radius 1 is 0.889 bits per heavy atom. The summed E-state index contributed by atoms with van der Waals surface area (Å²) in [5, 5.41) is 7.75. The smallest absolute Gasteiger partial charge is 0.453 e. The Kier molecular flexibility index (Phi) is 6.35. The lowest BCUT2D eigenvalue weighted by molar-refractivity contribution is -0.275. The average Bonchev–Trinajstić information content (AvgIpc) is 2.55. The van der Waals surface area contributed by atoms with Gasteiger partial charge in [-0.15, -0.1) is 13.2 Å². The molecule has 0 unspecified atom stereocenters. The number of halogens is 6. The molecule has 0 aliphatic rings. The predicted octanol–water partition coefficient (Wildman–Crippen LogP) is 6.29. The predicted molar refractivity (Wildman–Crippen MR) is 86.1 cm³/mol. The molecule has 2 rings (SSSR count). The Hall–Kier alpha value is -2.71. The van der Waals surface area contributed by atoms with Crippen LogP contribution < -0.4 is 9.47 Å². The summed E-state index contributed by atoms with van der Waals surface area (Å²) in [6.45, 7) is 0. The van der Waals surface area contributed by atoms with Gasteiger partial charge in [-0.05, 0) is 48.4 Å². The fraction of sp³-hybridized carbons (Fsp3) is 0.222. The van der Waals surface area contributed by atoms with Crippen LogP contribution in [0.1, 0.15) is 18.4 Å². The van der Waals surface area contributed by atoms with E-state index in [2.05, 4.69) is 4.74 Å². The van der Waals surface area contributed by atoms with Crippen LogP contribution >= 0.6 is 0 Å². The molecule has 27 heavy (non-hydrogen) atoms. The zero-order valence-corrected chi connectivity index (χ0v) is 13.7. The van der Waals surface area contributed by atoms with Gasteiger partial charge in [-0.1, -0.05) is 12.1 Å². The van der Waals surface area contributed by atoms with Crippen molar-refractivity contribution >= 4 is 5.71 Å². The highest BCUT2D eigenvalue weighted by Gasteiger charge is 2.32. The van der Waals surface area contributed by atoms with Gasteiger partial charge in [-0.2, -0.15) is 13.2 Å². The van der Waals surface area contributed by atoms with E-state index in [1.165, 1.54) is 42.5 Å². The van der Waals surface area contributed by atoms with Gasteiger partial charge < -0.3 is 14.9 Å². The van der Waals surface area contributed by atoms with Gasteiger partial charge in [-0.3, -0.25) is 0 Å². The van der Waals surface area contributed by atoms with E-state index in [-0.39, 0.29) is 23.6 Å². The monoisotopic (exact) mass is 390 g/mol. The lowest BCUT2D eigenvalue weighted by Gasteiger charge is -2.14. The molecule has 2 aromatic rings. The molecule has 3 nitrogen and oxygen atoms in total. The van der Waals surface area contributed by atoms with Crippen LogP contribution in [0.25, 0.3) is 0 Å². The van der Waals surface area contributed by atoms with Crippen LogP contribution in [0, 0.1) is 11.8 Å². The Labute approximate surface area is 151 Å². The van der Waals surface area contributed by atoms with Gasteiger partial charge in [0.1, 0.15) is 5.75 Å². The van der Waals surface area contributed by atoms with E-state index < -0.39 is 24.7 Å². The third-order valence-electron chi connectivity index (χ3n) is 3.24. The summed E-state index contributed by atoms with van der Waals surface area (Å²) in [4.78, 5) is 0. The quantitative estimate of drug-likeness (QED) is 0.446. The van der Waals surface area contributed by atoms with Crippen molar-refractivity contribution in [2.45, 2.75) is 25.4 Å². The molecule has 0 fully saturated rings. The van der Waals surface area contributed by atoms with Gasteiger partial charge in [0, 0.05) is 18.6 Å².